The normalized spacial score (nSPS) is 11.3. The molecule has 0 bridgehead atoms. The second-order valence-electron chi connectivity index (χ2n) is 5.87. The molecule has 0 fully saturated rings. The number of thiazole rings is 1. The Labute approximate surface area is 159 Å². The van der Waals surface area contributed by atoms with E-state index in [0.717, 1.165) is 23.3 Å². The highest BCUT2D eigenvalue weighted by Gasteiger charge is 2.17. The Bertz CT molecular complexity index is 826. The van der Waals surface area contributed by atoms with Gasteiger partial charge in [0.05, 0.1) is 11.3 Å². The number of hydrogen-bond donors (Lipinski definition) is 1. The van der Waals surface area contributed by atoms with Crippen LogP contribution in [0.25, 0.3) is 0 Å². The summed E-state index contributed by atoms with van der Waals surface area (Å²) < 4.78 is 27.5. The van der Waals surface area contributed by atoms with Crippen molar-refractivity contribution >= 4 is 32.4 Å². The third kappa shape index (κ3) is 5.28. The average molecular weight is 396 g/mol. The lowest BCUT2D eigenvalue weighted by Crippen LogP contribution is -2.31. The van der Waals surface area contributed by atoms with Crippen LogP contribution in [0.1, 0.15) is 37.6 Å². The van der Waals surface area contributed by atoms with E-state index in [9.17, 15) is 13.2 Å². The molecule has 8 heteroatoms. The van der Waals surface area contributed by atoms with Crippen molar-refractivity contribution in [1.82, 2.24) is 9.88 Å². The number of rotatable bonds is 9. The van der Waals surface area contributed by atoms with E-state index in [1.165, 1.54) is 11.3 Å². The Morgan fingerprint density at radius 3 is 2.38 bits per heavy atom. The third-order valence-electron chi connectivity index (χ3n) is 3.99. The molecule has 2 aromatic rings. The second-order valence-corrected chi connectivity index (χ2v) is 8.67. The first kappa shape index (κ1) is 20.4. The molecule has 0 saturated carbocycles. The van der Waals surface area contributed by atoms with Crippen molar-refractivity contribution in [3.8, 4) is 0 Å². The summed E-state index contributed by atoms with van der Waals surface area (Å²) in [6, 6.07) is 6.86. The van der Waals surface area contributed by atoms with Crippen LogP contribution in [-0.4, -0.2) is 37.3 Å². The van der Waals surface area contributed by atoms with Crippen molar-refractivity contribution in [3.63, 3.8) is 0 Å². The summed E-state index contributed by atoms with van der Waals surface area (Å²) in [5.74, 6) is 0.0135. The van der Waals surface area contributed by atoms with E-state index in [1.807, 2.05) is 26.0 Å². The van der Waals surface area contributed by atoms with Gasteiger partial charge in [0.1, 0.15) is 0 Å². The van der Waals surface area contributed by atoms with Crippen LogP contribution in [-0.2, 0) is 27.7 Å². The van der Waals surface area contributed by atoms with Gasteiger partial charge >= 0.3 is 0 Å². The number of hydrogen-bond acceptors (Lipinski definition) is 5. The van der Waals surface area contributed by atoms with E-state index in [0.29, 0.717) is 13.1 Å². The summed E-state index contributed by atoms with van der Waals surface area (Å²) in [4.78, 5) is 18.9. The maximum atomic E-state index is 12.5. The smallest absolute Gasteiger partial charge is 0.263 e. The molecule has 0 atom stereocenters. The summed E-state index contributed by atoms with van der Waals surface area (Å²) >= 11 is 1.18. The molecule has 0 aliphatic heterocycles. The van der Waals surface area contributed by atoms with Crippen LogP contribution in [0.15, 0.2) is 35.4 Å². The number of carbonyl (C=O) groups is 1. The lowest BCUT2D eigenvalue weighted by Gasteiger charge is -2.17. The summed E-state index contributed by atoms with van der Waals surface area (Å²) in [5.41, 5.74) is 1.11. The fourth-order valence-electron chi connectivity index (χ4n) is 2.57. The van der Waals surface area contributed by atoms with Crippen molar-refractivity contribution < 1.29 is 13.2 Å². The third-order valence-corrected chi connectivity index (χ3v) is 6.39. The Kier molecular flexibility index (Phi) is 7.16. The molecule has 1 amide bonds. The molecule has 1 aromatic heterocycles. The van der Waals surface area contributed by atoms with Crippen molar-refractivity contribution in [1.29, 1.82) is 0 Å². The summed E-state index contributed by atoms with van der Waals surface area (Å²) in [5, 5.41) is 0.269. The number of carbonyl (C=O) groups excluding carboxylic acids is 1. The number of sulfonamides is 1. The molecule has 0 unspecified atom stereocenters. The van der Waals surface area contributed by atoms with Crippen molar-refractivity contribution in [3.05, 3.63) is 40.9 Å². The lowest BCUT2D eigenvalue weighted by atomic mass is 10.1. The molecule has 1 aromatic carbocycles. The number of benzene rings is 1. The Hall–Kier alpha value is -1.93. The van der Waals surface area contributed by atoms with Gasteiger partial charge in [0, 0.05) is 24.2 Å². The molecule has 0 radical (unpaired) electrons. The van der Waals surface area contributed by atoms with Gasteiger partial charge in [0.15, 0.2) is 5.13 Å². The fraction of sp³-hybridized carbons (Fsp3) is 0.444. The first-order valence-electron chi connectivity index (χ1n) is 8.73. The van der Waals surface area contributed by atoms with E-state index >= 15 is 0 Å². The van der Waals surface area contributed by atoms with Crippen molar-refractivity contribution in [2.45, 2.75) is 44.9 Å². The highest BCUT2D eigenvalue weighted by molar-refractivity contribution is 7.93. The SMILES string of the molecule is CCCc1ccc(S(=O)(=O)Nc2ncc(CC(=O)N(CC)CC)s2)cc1. The number of nitrogens with zero attached hydrogens (tertiary/aromatic N) is 2. The molecule has 0 aliphatic rings. The standard InChI is InChI=1S/C18H25N3O3S2/c1-4-7-14-8-10-16(11-9-14)26(23,24)20-18-19-13-15(25-18)12-17(22)21(5-2)6-3/h8-11,13H,4-7,12H2,1-3H3,(H,19,20). The minimum Gasteiger partial charge on any atom is -0.343 e. The monoisotopic (exact) mass is 395 g/mol. The minimum absolute atomic E-state index is 0.0135. The van der Waals surface area contributed by atoms with Crippen molar-refractivity contribution in [2.75, 3.05) is 17.8 Å². The zero-order valence-electron chi connectivity index (χ0n) is 15.4. The van der Waals surface area contributed by atoms with Crippen LogP contribution < -0.4 is 4.72 Å². The largest absolute Gasteiger partial charge is 0.343 e. The van der Waals surface area contributed by atoms with Crippen LogP contribution in [0, 0.1) is 0 Å². The second kappa shape index (κ2) is 9.14. The van der Waals surface area contributed by atoms with Gasteiger partial charge in [-0.15, -0.1) is 11.3 Å². The molecular weight excluding hydrogens is 370 g/mol. The Balaban J connectivity index is 2.06. The van der Waals surface area contributed by atoms with Crippen LogP contribution in [0.4, 0.5) is 5.13 Å². The Morgan fingerprint density at radius 2 is 1.81 bits per heavy atom. The maximum absolute atomic E-state index is 12.5. The average Bonchev–Trinajstić information content (AvgIpc) is 3.03. The molecular formula is C18H25N3O3S2. The number of likely N-dealkylation sites (N-methyl/N-ethyl adjacent to an activating group) is 1. The van der Waals surface area contributed by atoms with Gasteiger partial charge < -0.3 is 4.90 Å². The molecule has 6 nitrogen and oxygen atoms in total. The number of aryl methyl sites for hydroxylation is 1. The molecule has 1 heterocycles. The highest BCUT2D eigenvalue weighted by atomic mass is 32.2. The van der Waals surface area contributed by atoms with Crippen LogP contribution in [0.5, 0.6) is 0 Å². The first-order valence-corrected chi connectivity index (χ1v) is 11.0. The topological polar surface area (TPSA) is 79.4 Å². The molecule has 142 valence electrons. The highest BCUT2D eigenvalue weighted by Crippen LogP contribution is 2.23. The number of aromatic nitrogens is 1. The quantitative estimate of drug-likeness (QED) is 0.706. The molecule has 0 saturated heterocycles. The van der Waals surface area contributed by atoms with Gasteiger partial charge in [-0.05, 0) is 38.0 Å². The first-order chi connectivity index (χ1) is 12.4. The predicted molar refractivity (Wildman–Crippen MR) is 105 cm³/mol. The van der Waals surface area contributed by atoms with Gasteiger partial charge in [0.25, 0.3) is 10.0 Å². The van der Waals surface area contributed by atoms with E-state index < -0.39 is 10.0 Å². The predicted octanol–water partition coefficient (Wildman–Crippen LogP) is 3.31. The summed E-state index contributed by atoms with van der Waals surface area (Å²) in [6.45, 7) is 7.25. The van der Waals surface area contributed by atoms with E-state index in [4.69, 9.17) is 0 Å². The Morgan fingerprint density at radius 1 is 1.15 bits per heavy atom. The van der Waals surface area contributed by atoms with Gasteiger partial charge in [-0.3, -0.25) is 9.52 Å². The van der Waals surface area contributed by atoms with E-state index in [-0.39, 0.29) is 22.4 Å². The van der Waals surface area contributed by atoms with Crippen LogP contribution in [0.2, 0.25) is 0 Å². The zero-order valence-corrected chi connectivity index (χ0v) is 17.0. The van der Waals surface area contributed by atoms with E-state index in [1.54, 1.807) is 23.2 Å². The van der Waals surface area contributed by atoms with E-state index in [2.05, 4.69) is 16.6 Å². The number of amides is 1. The fourth-order valence-corrected chi connectivity index (χ4v) is 4.62. The van der Waals surface area contributed by atoms with Crippen LogP contribution in [0.3, 0.4) is 0 Å². The van der Waals surface area contributed by atoms with Gasteiger partial charge in [0.2, 0.25) is 5.91 Å². The number of nitrogens with one attached hydrogen (secondary N) is 1. The molecule has 0 aliphatic carbocycles. The molecule has 1 N–H and O–H groups in total. The minimum atomic E-state index is -3.68. The van der Waals surface area contributed by atoms with Crippen LogP contribution >= 0.6 is 11.3 Å². The summed E-state index contributed by atoms with van der Waals surface area (Å²) in [6.07, 6.45) is 3.71. The molecule has 26 heavy (non-hydrogen) atoms. The summed E-state index contributed by atoms with van der Waals surface area (Å²) in [7, 11) is -3.68. The van der Waals surface area contributed by atoms with Gasteiger partial charge in [-0.2, -0.15) is 0 Å². The maximum Gasteiger partial charge on any atom is 0.263 e. The van der Waals surface area contributed by atoms with Gasteiger partial charge in [-0.1, -0.05) is 25.5 Å². The van der Waals surface area contributed by atoms with Crippen molar-refractivity contribution in [2.24, 2.45) is 0 Å². The van der Waals surface area contributed by atoms with Gasteiger partial charge in [-0.25, -0.2) is 13.4 Å². The molecule has 2 rings (SSSR count). The zero-order chi connectivity index (χ0) is 19.2. The number of anilines is 1. The molecule has 0 spiro atoms. The lowest BCUT2D eigenvalue weighted by molar-refractivity contribution is -0.130.